The predicted octanol–water partition coefficient (Wildman–Crippen LogP) is 0.907. The molecule has 2 unspecified atom stereocenters. The third-order valence-electron chi connectivity index (χ3n) is 2.26. The summed E-state index contributed by atoms with van der Waals surface area (Å²) < 4.78 is 0. The van der Waals surface area contributed by atoms with Crippen molar-refractivity contribution in [1.82, 2.24) is 10.6 Å². The van der Waals surface area contributed by atoms with Crippen LogP contribution in [0.4, 0.5) is 0 Å². The van der Waals surface area contributed by atoms with Gasteiger partial charge in [-0.05, 0) is 36.9 Å². The fourth-order valence-corrected chi connectivity index (χ4v) is 2.42. The van der Waals surface area contributed by atoms with Crippen LogP contribution in [0, 0.1) is 0 Å². The number of carbonyl (C=O) groups is 1. The number of nitrogens with one attached hydrogen (secondary N) is 2. The van der Waals surface area contributed by atoms with Crippen LogP contribution in [0.25, 0.3) is 0 Å². The Labute approximate surface area is 94.2 Å². The van der Waals surface area contributed by atoms with Crippen LogP contribution in [-0.2, 0) is 4.79 Å². The molecule has 0 aromatic rings. The highest BCUT2D eigenvalue weighted by Crippen LogP contribution is 2.09. The quantitative estimate of drug-likeness (QED) is 0.717. The second kappa shape index (κ2) is 6.58. The van der Waals surface area contributed by atoms with E-state index in [1.54, 1.807) is 11.8 Å². The second-order valence-corrected chi connectivity index (χ2v) is 5.31. The number of amides is 1. The van der Waals surface area contributed by atoms with E-state index in [-0.39, 0.29) is 18.1 Å². The lowest BCUT2D eigenvalue weighted by Gasteiger charge is -2.10. The van der Waals surface area contributed by atoms with Crippen molar-refractivity contribution >= 4 is 29.4 Å². The van der Waals surface area contributed by atoms with Crippen molar-refractivity contribution in [2.75, 3.05) is 24.0 Å². The SMILES string of the molecule is CSCCC1NC(=O)C(CCSC)N1. The molecule has 0 aliphatic carbocycles. The standard InChI is InChI=1S/C9H18N2OS2/c1-13-5-3-7-9(12)11-8(10-7)4-6-14-2/h7-8,10H,3-6H2,1-2H3,(H,11,12). The molecule has 1 aliphatic rings. The highest BCUT2D eigenvalue weighted by atomic mass is 32.2. The van der Waals surface area contributed by atoms with Gasteiger partial charge in [-0.1, -0.05) is 0 Å². The fraction of sp³-hybridized carbons (Fsp3) is 0.889. The van der Waals surface area contributed by atoms with Gasteiger partial charge in [0, 0.05) is 0 Å². The topological polar surface area (TPSA) is 41.1 Å². The summed E-state index contributed by atoms with van der Waals surface area (Å²) in [5.74, 6) is 2.30. The Hall–Kier alpha value is 0.130. The number of carbonyl (C=O) groups excluding carboxylic acids is 1. The molecule has 1 rings (SSSR count). The van der Waals surface area contributed by atoms with Crippen LogP contribution in [-0.4, -0.2) is 42.1 Å². The van der Waals surface area contributed by atoms with Gasteiger partial charge in [-0.15, -0.1) is 0 Å². The molecule has 0 aromatic carbocycles. The third kappa shape index (κ3) is 3.71. The first-order valence-electron chi connectivity index (χ1n) is 4.82. The molecule has 0 radical (unpaired) electrons. The summed E-state index contributed by atoms with van der Waals surface area (Å²) in [4.78, 5) is 11.5. The number of rotatable bonds is 6. The van der Waals surface area contributed by atoms with E-state index in [2.05, 4.69) is 23.1 Å². The number of hydrogen-bond acceptors (Lipinski definition) is 4. The van der Waals surface area contributed by atoms with Gasteiger partial charge in [-0.25, -0.2) is 0 Å². The van der Waals surface area contributed by atoms with Gasteiger partial charge in [0.25, 0.3) is 0 Å². The van der Waals surface area contributed by atoms with Crippen LogP contribution < -0.4 is 10.6 Å². The Kier molecular flexibility index (Phi) is 5.74. The molecule has 0 aromatic heterocycles. The molecule has 0 spiro atoms. The summed E-state index contributed by atoms with van der Waals surface area (Å²) >= 11 is 3.60. The average molecular weight is 234 g/mol. The van der Waals surface area contributed by atoms with Crippen molar-refractivity contribution in [1.29, 1.82) is 0 Å². The molecule has 2 N–H and O–H groups in total. The zero-order valence-corrected chi connectivity index (χ0v) is 10.3. The minimum absolute atomic E-state index is 0.0364. The summed E-state index contributed by atoms with van der Waals surface area (Å²) in [6.45, 7) is 0. The van der Waals surface area contributed by atoms with Gasteiger partial charge in [-0.2, -0.15) is 23.5 Å². The van der Waals surface area contributed by atoms with Gasteiger partial charge >= 0.3 is 0 Å². The molecular formula is C9H18N2OS2. The summed E-state index contributed by atoms with van der Waals surface area (Å²) in [6, 6.07) is 0.0364. The molecule has 0 bridgehead atoms. The van der Waals surface area contributed by atoms with Crippen LogP contribution >= 0.6 is 23.5 Å². The van der Waals surface area contributed by atoms with E-state index in [1.165, 1.54) is 0 Å². The lowest BCUT2D eigenvalue weighted by Crippen LogP contribution is -2.34. The minimum atomic E-state index is 0.0364. The predicted molar refractivity (Wildman–Crippen MR) is 64.9 cm³/mol. The maximum Gasteiger partial charge on any atom is 0.238 e. The van der Waals surface area contributed by atoms with Crippen LogP contribution in [0.2, 0.25) is 0 Å². The van der Waals surface area contributed by atoms with Crippen molar-refractivity contribution in [3.63, 3.8) is 0 Å². The molecule has 1 saturated heterocycles. The molecule has 14 heavy (non-hydrogen) atoms. The smallest absolute Gasteiger partial charge is 0.238 e. The Morgan fingerprint density at radius 3 is 2.50 bits per heavy atom. The highest BCUT2D eigenvalue weighted by molar-refractivity contribution is 7.98. The Bertz CT molecular complexity index is 190. The van der Waals surface area contributed by atoms with E-state index in [1.807, 2.05) is 11.8 Å². The molecule has 1 heterocycles. The molecule has 0 saturated carbocycles. The Morgan fingerprint density at radius 1 is 1.21 bits per heavy atom. The van der Waals surface area contributed by atoms with Gasteiger partial charge < -0.3 is 5.32 Å². The van der Waals surface area contributed by atoms with Crippen molar-refractivity contribution in [3.8, 4) is 0 Å². The Morgan fingerprint density at radius 2 is 1.86 bits per heavy atom. The lowest BCUT2D eigenvalue weighted by atomic mass is 10.2. The van der Waals surface area contributed by atoms with E-state index >= 15 is 0 Å². The lowest BCUT2D eigenvalue weighted by molar-refractivity contribution is -0.120. The first kappa shape index (κ1) is 12.2. The van der Waals surface area contributed by atoms with E-state index in [4.69, 9.17) is 0 Å². The molecule has 1 aliphatic heterocycles. The number of thioether (sulfide) groups is 2. The van der Waals surface area contributed by atoms with Gasteiger partial charge in [0.15, 0.2) is 0 Å². The van der Waals surface area contributed by atoms with Gasteiger partial charge in [0.05, 0.1) is 12.2 Å². The summed E-state index contributed by atoms with van der Waals surface area (Å²) in [5, 5.41) is 6.30. The maximum absolute atomic E-state index is 11.5. The first-order chi connectivity index (χ1) is 6.77. The van der Waals surface area contributed by atoms with Gasteiger partial charge in [-0.3, -0.25) is 10.1 Å². The van der Waals surface area contributed by atoms with Crippen LogP contribution in [0.15, 0.2) is 0 Å². The summed E-state index contributed by atoms with van der Waals surface area (Å²) in [6.07, 6.45) is 6.30. The van der Waals surface area contributed by atoms with E-state index in [9.17, 15) is 4.79 Å². The van der Waals surface area contributed by atoms with Gasteiger partial charge in [0.1, 0.15) is 0 Å². The van der Waals surface area contributed by atoms with E-state index < -0.39 is 0 Å². The largest absolute Gasteiger partial charge is 0.339 e. The van der Waals surface area contributed by atoms with Crippen molar-refractivity contribution < 1.29 is 4.79 Å². The maximum atomic E-state index is 11.5. The summed E-state index contributed by atoms with van der Waals surface area (Å²) in [7, 11) is 0. The molecule has 1 amide bonds. The van der Waals surface area contributed by atoms with Crippen LogP contribution in [0.3, 0.4) is 0 Å². The molecule has 82 valence electrons. The molecule has 2 atom stereocenters. The average Bonchev–Trinajstić information content (AvgIpc) is 2.53. The van der Waals surface area contributed by atoms with Crippen molar-refractivity contribution in [2.45, 2.75) is 25.0 Å². The molecule has 1 fully saturated rings. The number of hydrogen-bond donors (Lipinski definition) is 2. The Balaban J connectivity index is 2.24. The first-order valence-corrected chi connectivity index (χ1v) is 7.61. The highest BCUT2D eigenvalue weighted by Gasteiger charge is 2.29. The summed E-state index contributed by atoms with van der Waals surface area (Å²) in [5.41, 5.74) is 0. The third-order valence-corrected chi connectivity index (χ3v) is 3.54. The minimum Gasteiger partial charge on any atom is -0.339 e. The van der Waals surface area contributed by atoms with E-state index in [0.29, 0.717) is 0 Å². The van der Waals surface area contributed by atoms with Gasteiger partial charge in [0.2, 0.25) is 5.91 Å². The van der Waals surface area contributed by atoms with Crippen molar-refractivity contribution in [2.24, 2.45) is 0 Å². The fourth-order valence-electron chi connectivity index (χ4n) is 1.47. The zero-order valence-electron chi connectivity index (χ0n) is 8.71. The molecule has 5 heteroatoms. The second-order valence-electron chi connectivity index (χ2n) is 3.34. The van der Waals surface area contributed by atoms with Crippen molar-refractivity contribution in [3.05, 3.63) is 0 Å². The monoisotopic (exact) mass is 234 g/mol. The van der Waals surface area contributed by atoms with Crippen LogP contribution in [0.1, 0.15) is 12.8 Å². The molecular weight excluding hydrogens is 216 g/mol. The molecule has 3 nitrogen and oxygen atoms in total. The van der Waals surface area contributed by atoms with Crippen LogP contribution in [0.5, 0.6) is 0 Å². The van der Waals surface area contributed by atoms with E-state index in [0.717, 1.165) is 24.3 Å². The normalized spacial score (nSPS) is 26.6. The zero-order chi connectivity index (χ0) is 10.4.